The Kier molecular flexibility index (Phi) is 14.4. The highest BCUT2D eigenvalue weighted by atomic mass is 16.6. The Morgan fingerprint density at radius 2 is 1.32 bits per heavy atom. The summed E-state index contributed by atoms with van der Waals surface area (Å²) in [5, 5.41) is 10.7. The van der Waals surface area contributed by atoms with Crippen molar-refractivity contribution < 1.29 is 38.2 Å². The van der Waals surface area contributed by atoms with Gasteiger partial charge in [0.1, 0.15) is 30.3 Å². The molecule has 1 saturated heterocycles. The second-order valence-corrected chi connectivity index (χ2v) is 17.0. The summed E-state index contributed by atoms with van der Waals surface area (Å²) in [6.07, 6.45) is -1.21. The minimum atomic E-state index is -1.10. The van der Waals surface area contributed by atoms with E-state index in [1.54, 1.807) is 20.8 Å². The highest BCUT2D eigenvalue weighted by molar-refractivity contribution is 5.95. The van der Waals surface area contributed by atoms with Crippen LogP contribution in [0.3, 0.4) is 0 Å². The van der Waals surface area contributed by atoms with Gasteiger partial charge < -0.3 is 35.1 Å². The number of likely N-dealkylation sites (tertiary alicyclic amines) is 1. The minimum absolute atomic E-state index is 0.0776. The number of nitrogens with one attached hydrogen (secondary N) is 3. The normalized spacial score (nSPS) is 17.6. The first-order valence-corrected chi connectivity index (χ1v) is 21.4. The molecular weight excluding hydrogens is 799 g/mol. The van der Waals surface area contributed by atoms with Gasteiger partial charge in [0, 0.05) is 38.9 Å². The van der Waals surface area contributed by atoms with Gasteiger partial charge in [0.25, 0.3) is 0 Å². The molecule has 0 unspecified atom stereocenters. The van der Waals surface area contributed by atoms with Crippen molar-refractivity contribution >= 4 is 40.7 Å². The molecule has 4 atom stereocenters. The molecule has 3 N–H and O–H groups in total. The van der Waals surface area contributed by atoms with Crippen molar-refractivity contribution in [3.05, 3.63) is 155 Å². The molecule has 0 radical (unpaired) electrons. The van der Waals surface area contributed by atoms with Crippen molar-refractivity contribution in [3.8, 4) is 0 Å². The molecule has 63 heavy (non-hydrogen) atoms. The number of ether oxygens (including phenoxy) is 3. The van der Waals surface area contributed by atoms with E-state index in [9.17, 15) is 24.0 Å². The van der Waals surface area contributed by atoms with Crippen molar-refractivity contribution in [2.75, 3.05) is 19.6 Å². The number of alkyl carbamates (subject to hydrolysis) is 1. The van der Waals surface area contributed by atoms with Crippen LogP contribution < -0.4 is 16.0 Å². The first-order valence-electron chi connectivity index (χ1n) is 21.4. The molecule has 2 aliphatic heterocycles. The summed E-state index contributed by atoms with van der Waals surface area (Å²) in [5.74, 6) is -1.41. The molecule has 0 bridgehead atoms. The van der Waals surface area contributed by atoms with Crippen molar-refractivity contribution in [2.45, 2.75) is 89.6 Å². The molecule has 2 heterocycles. The fourth-order valence-corrected chi connectivity index (χ4v) is 7.98. The number of carbonyl (C=O) groups excluding carboxylic acids is 5. The minimum Gasteiger partial charge on any atom is -0.445 e. The van der Waals surface area contributed by atoms with Crippen molar-refractivity contribution in [1.82, 2.24) is 25.8 Å². The summed E-state index contributed by atoms with van der Waals surface area (Å²) in [6.45, 7) is 6.09. The number of carbonyl (C=O) groups is 5. The average Bonchev–Trinajstić information content (AvgIpc) is 3.72. The largest absolute Gasteiger partial charge is 0.445 e. The van der Waals surface area contributed by atoms with Gasteiger partial charge in [0.05, 0.1) is 19.3 Å². The summed E-state index contributed by atoms with van der Waals surface area (Å²) < 4.78 is 17.5. The summed E-state index contributed by atoms with van der Waals surface area (Å²) in [4.78, 5) is 72.4. The lowest BCUT2D eigenvalue weighted by Gasteiger charge is -2.37. The predicted octanol–water partition coefficient (Wildman–Crippen LogP) is 6.46. The maximum Gasteiger partial charge on any atom is 0.411 e. The third kappa shape index (κ3) is 12.0. The molecular formula is C50H55N5O8. The van der Waals surface area contributed by atoms with E-state index in [0.29, 0.717) is 0 Å². The van der Waals surface area contributed by atoms with E-state index in [2.05, 4.69) is 22.0 Å². The van der Waals surface area contributed by atoms with Gasteiger partial charge >= 0.3 is 12.2 Å². The van der Waals surface area contributed by atoms with E-state index in [-0.39, 0.29) is 58.7 Å². The number of amides is 5. The Hall–Kier alpha value is -6.73. The number of nitrogens with zero attached hydrogens (tertiary/aromatic N) is 2. The Morgan fingerprint density at radius 1 is 0.667 bits per heavy atom. The monoisotopic (exact) mass is 853 g/mol. The summed E-state index contributed by atoms with van der Waals surface area (Å²) in [6, 6.07) is 37.4. The van der Waals surface area contributed by atoms with Crippen LogP contribution in [0.4, 0.5) is 9.59 Å². The first-order chi connectivity index (χ1) is 30.4. The van der Waals surface area contributed by atoms with Crippen LogP contribution in [-0.2, 0) is 61.2 Å². The molecule has 2 aliphatic rings. The van der Waals surface area contributed by atoms with Gasteiger partial charge in [-0.15, -0.1) is 0 Å². The number of benzene rings is 5. The topological polar surface area (TPSA) is 156 Å². The third-order valence-corrected chi connectivity index (χ3v) is 11.1. The van der Waals surface area contributed by atoms with Crippen LogP contribution in [0.5, 0.6) is 0 Å². The maximum absolute atomic E-state index is 15.0. The fourth-order valence-electron chi connectivity index (χ4n) is 7.98. The Balaban J connectivity index is 1.09. The number of rotatable bonds is 14. The van der Waals surface area contributed by atoms with Crippen LogP contribution in [0, 0.1) is 0 Å². The number of fused-ring (bicyclic) bond motifs is 2. The first kappa shape index (κ1) is 44.3. The lowest BCUT2D eigenvalue weighted by atomic mass is 9.93. The Bertz CT molecular complexity index is 2390. The molecule has 0 spiro atoms. The molecule has 1 fully saturated rings. The molecule has 328 valence electrons. The average molecular weight is 854 g/mol. The Labute approximate surface area is 368 Å². The molecule has 5 aromatic carbocycles. The van der Waals surface area contributed by atoms with E-state index in [1.807, 2.05) is 121 Å². The van der Waals surface area contributed by atoms with E-state index >= 15 is 0 Å². The predicted molar refractivity (Wildman–Crippen MR) is 238 cm³/mol. The molecule has 0 aliphatic carbocycles. The van der Waals surface area contributed by atoms with Crippen LogP contribution in [-0.4, -0.2) is 89.2 Å². The van der Waals surface area contributed by atoms with Crippen LogP contribution in [0.1, 0.15) is 55.0 Å². The SMILES string of the molecule is CC(C)(C)OC(=O)N1Cc2ccccc2C[C@H]1C(=O)N[C@H](Cc1ccccc1)C(=O)N1C[C@H](OCc2ccc3ccccc3c2)C[C@@H]1C(=O)NCCNC(=O)OCc1ccccc1. The zero-order valence-corrected chi connectivity index (χ0v) is 36.0. The van der Waals surface area contributed by atoms with Crippen LogP contribution >= 0.6 is 0 Å². The summed E-state index contributed by atoms with van der Waals surface area (Å²) in [5.41, 5.74) is 3.61. The van der Waals surface area contributed by atoms with Crippen molar-refractivity contribution in [3.63, 3.8) is 0 Å². The molecule has 7 rings (SSSR count). The standard InChI is InChI=1S/C50H55N5O8/c1-50(2,3)63-49(60)55-30-40-21-13-12-20-39(40)28-43(55)46(57)53-42(27-34-14-6-4-7-15-34)47(58)54-31-41(61-33-36-22-23-37-18-10-11-19-38(37)26-36)29-44(54)45(56)51-24-25-52-48(59)62-32-35-16-8-5-9-17-35/h4-23,26,41-44H,24-25,27-33H2,1-3H3,(H,51,56)(H,52,59)(H,53,57)/t41-,42-,43+,44-/m1/s1. The summed E-state index contributed by atoms with van der Waals surface area (Å²) in [7, 11) is 0. The van der Waals surface area contributed by atoms with Gasteiger partial charge in [-0.25, -0.2) is 9.59 Å². The zero-order valence-electron chi connectivity index (χ0n) is 36.0. The van der Waals surface area contributed by atoms with E-state index in [1.165, 1.54) is 9.80 Å². The molecule has 0 aromatic heterocycles. The smallest absolute Gasteiger partial charge is 0.411 e. The van der Waals surface area contributed by atoms with Gasteiger partial charge in [0.15, 0.2) is 0 Å². The molecule has 5 aromatic rings. The second kappa shape index (κ2) is 20.4. The zero-order chi connectivity index (χ0) is 44.3. The van der Waals surface area contributed by atoms with E-state index in [4.69, 9.17) is 14.2 Å². The second-order valence-electron chi connectivity index (χ2n) is 17.0. The van der Waals surface area contributed by atoms with Gasteiger partial charge in [-0.2, -0.15) is 0 Å². The molecule has 0 saturated carbocycles. The molecule has 13 nitrogen and oxygen atoms in total. The fraction of sp³-hybridized carbons (Fsp3) is 0.340. The lowest BCUT2D eigenvalue weighted by molar-refractivity contribution is -0.142. The quantitative estimate of drug-likeness (QED) is 0.108. The summed E-state index contributed by atoms with van der Waals surface area (Å²) >= 11 is 0. The molecule has 5 amide bonds. The third-order valence-electron chi connectivity index (χ3n) is 11.1. The van der Waals surface area contributed by atoms with Gasteiger partial charge in [-0.1, -0.05) is 121 Å². The van der Waals surface area contributed by atoms with Crippen LogP contribution in [0.25, 0.3) is 10.8 Å². The Morgan fingerprint density at radius 3 is 2.05 bits per heavy atom. The van der Waals surface area contributed by atoms with Gasteiger partial charge in [0.2, 0.25) is 17.7 Å². The number of hydrogen-bond acceptors (Lipinski definition) is 8. The molecule has 13 heteroatoms. The van der Waals surface area contributed by atoms with E-state index in [0.717, 1.165) is 38.6 Å². The van der Waals surface area contributed by atoms with E-state index < -0.39 is 59.7 Å². The highest BCUT2D eigenvalue weighted by Crippen LogP contribution is 2.28. The van der Waals surface area contributed by atoms with Crippen LogP contribution in [0.15, 0.2) is 127 Å². The lowest BCUT2D eigenvalue weighted by Crippen LogP contribution is -2.59. The van der Waals surface area contributed by atoms with Crippen LogP contribution in [0.2, 0.25) is 0 Å². The van der Waals surface area contributed by atoms with Gasteiger partial charge in [-0.05, 0) is 65.4 Å². The maximum atomic E-state index is 15.0. The van der Waals surface area contributed by atoms with Crippen molar-refractivity contribution in [2.24, 2.45) is 0 Å². The van der Waals surface area contributed by atoms with Crippen molar-refractivity contribution in [1.29, 1.82) is 0 Å². The van der Waals surface area contributed by atoms with Gasteiger partial charge in [-0.3, -0.25) is 19.3 Å². The highest BCUT2D eigenvalue weighted by Gasteiger charge is 2.44. The number of hydrogen-bond donors (Lipinski definition) is 3.